The molecule has 4 aromatic heterocycles. The lowest BCUT2D eigenvalue weighted by Gasteiger charge is -2.33. The van der Waals surface area contributed by atoms with E-state index in [4.69, 9.17) is 19.6 Å². The normalized spacial score (nSPS) is 14.6. The van der Waals surface area contributed by atoms with Gasteiger partial charge in [0, 0.05) is 66.4 Å². The summed E-state index contributed by atoms with van der Waals surface area (Å²) in [7, 11) is 3.42. The molecule has 8 nitrogen and oxygen atoms in total. The van der Waals surface area contributed by atoms with Gasteiger partial charge in [0.1, 0.15) is 41.2 Å². The summed E-state index contributed by atoms with van der Waals surface area (Å²) >= 11 is 1.15. The van der Waals surface area contributed by atoms with Gasteiger partial charge in [-0.2, -0.15) is 5.10 Å². The Morgan fingerprint density at radius 1 is 1.06 bits per heavy atom. The van der Waals surface area contributed by atoms with E-state index in [1.54, 1.807) is 15.6 Å². The maximum Gasteiger partial charge on any atom is 0.246 e. The van der Waals surface area contributed by atoms with E-state index in [0.717, 1.165) is 45.6 Å². The number of benzene rings is 2. The second-order valence-electron chi connectivity index (χ2n) is 11.4. The first-order chi connectivity index (χ1) is 22.7. The second kappa shape index (κ2) is 12.0. The number of methoxy groups -OCH3 is 1. The summed E-state index contributed by atoms with van der Waals surface area (Å²) in [6.45, 7) is 6.48. The summed E-state index contributed by atoms with van der Waals surface area (Å²) < 4.78 is 62.0. The molecular formula is C35H30F3N5O3S. The van der Waals surface area contributed by atoms with E-state index in [0.29, 0.717) is 29.2 Å². The molecular weight excluding hydrogens is 627 g/mol. The van der Waals surface area contributed by atoms with Crippen LogP contribution in [0.2, 0.25) is 0 Å². The number of aryl methyl sites for hydroxylation is 1. The van der Waals surface area contributed by atoms with Crippen molar-refractivity contribution < 1.29 is 27.4 Å². The molecule has 0 fully saturated rings. The number of aromatic nitrogens is 4. The van der Waals surface area contributed by atoms with Crippen molar-refractivity contribution in [1.29, 1.82) is 0 Å². The number of amides is 1. The van der Waals surface area contributed by atoms with E-state index in [9.17, 15) is 9.18 Å². The average molecular weight is 658 g/mol. The van der Waals surface area contributed by atoms with Crippen LogP contribution in [-0.2, 0) is 23.1 Å². The van der Waals surface area contributed by atoms with Crippen molar-refractivity contribution in [3.8, 4) is 39.5 Å². The zero-order valence-electron chi connectivity index (χ0n) is 25.9. The van der Waals surface area contributed by atoms with Crippen molar-refractivity contribution in [2.75, 3.05) is 26.9 Å². The van der Waals surface area contributed by atoms with Crippen molar-refractivity contribution in [2.24, 2.45) is 7.05 Å². The third-order valence-electron chi connectivity index (χ3n) is 8.61. The standard InChI is InChI=1S/C35H30F3N5O3S/c1-5-29(44)42-10-11-43-26(19(42)2)17-25(40-43)34-32(30-23(37)15-22(36)16-28(30)46-13-12-45-4)31-24(38)18-47-35(31)33(39-34)21-7-6-20-8-9-41(3)27(20)14-21/h5-9,14-19H,1,10-13H2,2-4H3/t19-/m1/s1. The number of fused-ring (bicyclic) bond motifs is 3. The van der Waals surface area contributed by atoms with Crippen LogP contribution in [0.4, 0.5) is 13.2 Å². The summed E-state index contributed by atoms with van der Waals surface area (Å²) in [6, 6.07) is 11.1. The molecule has 0 spiro atoms. The topological polar surface area (TPSA) is 74.4 Å². The van der Waals surface area contributed by atoms with Gasteiger partial charge in [0.05, 0.1) is 40.8 Å². The Kier molecular flexibility index (Phi) is 7.85. The number of pyridine rings is 1. The van der Waals surface area contributed by atoms with E-state index in [1.165, 1.54) is 18.6 Å². The number of carbonyl (C=O) groups excluding carboxylic acids is 1. The third-order valence-corrected chi connectivity index (χ3v) is 9.56. The summed E-state index contributed by atoms with van der Waals surface area (Å²) in [5.74, 6) is -2.70. The molecule has 5 heterocycles. The van der Waals surface area contributed by atoms with Gasteiger partial charge in [-0.05, 0) is 36.6 Å². The van der Waals surface area contributed by atoms with Crippen molar-refractivity contribution in [3.05, 3.63) is 89.8 Å². The maximum atomic E-state index is 16.1. The maximum absolute atomic E-state index is 16.1. The minimum absolute atomic E-state index is 0.00262. The molecule has 1 amide bonds. The first-order valence-electron chi connectivity index (χ1n) is 15.0. The predicted molar refractivity (Wildman–Crippen MR) is 176 cm³/mol. The fraction of sp³-hybridized carbons (Fsp3) is 0.229. The Morgan fingerprint density at radius 3 is 2.68 bits per heavy atom. The van der Waals surface area contributed by atoms with Gasteiger partial charge < -0.3 is 18.9 Å². The lowest BCUT2D eigenvalue weighted by molar-refractivity contribution is -0.129. The van der Waals surface area contributed by atoms with Crippen molar-refractivity contribution in [1.82, 2.24) is 24.2 Å². The smallest absolute Gasteiger partial charge is 0.246 e. The first kappa shape index (κ1) is 30.7. The largest absolute Gasteiger partial charge is 0.490 e. The molecule has 0 bridgehead atoms. The summed E-state index contributed by atoms with van der Waals surface area (Å²) in [5.41, 5.74) is 3.39. The van der Waals surface area contributed by atoms with Crippen LogP contribution in [0.5, 0.6) is 5.75 Å². The molecule has 0 saturated heterocycles. The number of rotatable bonds is 8. The van der Waals surface area contributed by atoms with Gasteiger partial charge in [0.2, 0.25) is 5.91 Å². The summed E-state index contributed by atoms with van der Waals surface area (Å²) in [4.78, 5) is 19.4. The van der Waals surface area contributed by atoms with Crippen molar-refractivity contribution in [3.63, 3.8) is 0 Å². The molecule has 0 unspecified atom stereocenters. The van der Waals surface area contributed by atoms with E-state index >= 15 is 8.78 Å². The molecule has 7 rings (SSSR count). The van der Waals surface area contributed by atoms with Crippen LogP contribution in [0.3, 0.4) is 0 Å². The molecule has 0 N–H and O–H groups in total. The first-order valence-corrected chi connectivity index (χ1v) is 15.9. The van der Waals surface area contributed by atoms with Gasteiger partial charge in [-0.1, -0.05) is 18.7 Å². The highest BCUT2D eigenvalue weighted by molar-refractivity contribution is 7.17. The fourth-order valence-electron chi connectivity index (χ4n) is 6.29. The van der Waals surface area contributed by atoms with Gasteiger partial charge in [-0.3, -0.25) is 9.48 Å². The fourth-order valence-corrected chi connectivity index (χ4v) is 7.22. The number of hydrogen-bond donors (Lipinski definition) is 0. The molecule has 1 aliphatic rings. The zero-order chi connectivity index (χ0) is 33.0. The Hall–Kier alpha value is -4.94. The predicted octanol–water partition coefficient (Wildman–Crippen LogP) is 7.52. The monoisotopic (exact) mass is 657 g/mol. The lowest BCUT2D eigenvalue weighted by Crippen LogP contribution is -2.40. The molecule has 0 radical (unpaired) electrons. The third kappa shape index (κ3) is 5.17. The van der Waals surface area contributed by atoms with Crippen molar-refractivity contribution >= 4 is 38.2 Å². The van der Waals surface area contributed by atoms with Crippen LogP contribution in [0.25, 0.3) is 54.8 Å². The minimum atomic E-state index is -0.939. The average Bonchev–Trinajstić information content (AvgIpc) is 3.77. The summed E-state index contributed by atoms with van der Waals surface area (Å²) in [6.07, 6.45) is 3.23. The van der Waals surface area contributed by atoms with Crippen LogP contribution >= 0.6 is 11.3 Å². The Bertz CT molecular complexity index is 2200. The number of hydrogen-bond acceptors (Lipinski definition) is 6. The number of thiophene rings is 1. The second-order valence-corrected chi connectivity index (χ2v) is 12.2. The minimum Gasteiger partial charge on any atom is -0.490 e. The van der Waals surface area contributed by atoms with E-state index in [2.05, 4.69) is 6.58 Å². The Morgan fingerprint density at radius 2 is 1.89 bits per heavy atom. The molecule has 240 valence electrons. The van der Waals surface area contributed by atoms with Gasteiger partial charge in [-0.25, -0.2) is 18.2 Å². The molecule has 1 aliphatic heterocycles. The highest BCUT2D eigenvalue weighted by Crippen LogP contribution is 2.48. The molecule has 1 atom stereocenters. The SMILES string of the molecule is C=CC(=O)N1CCn2nc(-c3nc(-c4ccc5ccn(C)c5c4)c4scc(F)c4c3-c3c(F)cc(F)cc3OCCOC)cc2[C@H]1C. The van der Waals surface area contributed by atoms with Gasteiger partial charge in [0.15, 0.2) is 0 Å². The van der Waals surface area contributed by atoms with Crippen molar-refractivity contribution in [2.45, 2.75) is 19.5 Å². The molecule has 0 saturated carbocycles. The number of nitrogens with zero attached hydrogens (tertiary/aromatic N) is 5. The lowest BCUT2D eigenvalue weighted by atomic mass is 9.94. The highest BCUT2D eigenvalue weighted by atomic mass is 32.1. The number of carbonyl (C=O) groups is 1. The molecule has 12 heteroatoms. The van der Waals surface area contributed by atoms with Gasteiger partial charge >= 0.3 is 0 Å². The highest BCUT2D eigenvalue weighted by Gasteiger charge is 2.32. The quantitative estimate of drug-likeness (QED) is 0.125. The van der Waals surface area contributed by atoms with E-state index in [-0.39, 0.29) is 53.1 Å². The van der Waals surface area contributed by atoms with E-state index < -0.39 is 17.5 Å². The van der Waals surface area contributed by atoms with Gasteiger partial charge in [0.25, 0.3) is 0 Å². The number of ether oxygens (including phenoxy) is 2. The molecule has 2 aromatic carbocycles. The molecule has 6 aromatic rings. The number of halogens is 3. The summed E-state index contributed by atoms with van der Waals surface area (Å²) in [5, 5.41) is 7.36. The van der Waals surface area contributed by atoms with Crippen LogP contribution in [0, 0.1) is 17.5 Å². The molecule has 0 aliphatic carbocycles. The van der Waals surface area contributed by atoms with Crippen LogP contribution < -0.4 is 4.74 Å². The Balaban J connectivity index is 1.54. The molecule has 47 heavy (non-hydrogen) atoms. The van der Waals surface area contributed by atoms with Crippen LogP contribution in [-0.4, -0.2) is 57.0 Å². The zero-order valence-corrected chi connectivity index (χ0v) is 26.7. The Labute approximate surface area is 272 Å². The van der Waals surface area contributed by atoms with Crippen LogP contribution in [0.1, 0.15) is 18.7 Å². The van der Waals surface area contributed by atoms with Gasteiger partial charge in [-0.15, -0.1) is 11.3 Å². The van der Waals surface area contributed by atoms with Crippen LogP contribution in [0.15, 0.2) is 66.7 Å². The van der Waals surface area contributed by atoms with E-state index in [1.807, 2.05) is 49.0 Å².